The molecule has 0 aromatic carbocycles. The van der Waals surface area contributed by atoms with Crippen LogP contribution in [0.2, 0.25) is 0 Å². The minimum absolute atomic E-state index is 0.0451. The highest BCUT2D eigenvalue weighted by atomic mass is 16.4. The lowest BCUT2D eigenvalue weighted by Gasteiger charge is -1.80. The van der Waals surface area contributed by atoms with E-state index in [4.69, 9.17) is 15.5 Å². The number of carbonyl (C=O) groups is 1. The number of aliphatic hydroxyl groups excluding tert-OH is 1. The van der Waals surface area contributed by atoms with Crippen molar-refractivity contribution in [3.05, 3.63) is 0 Å². The zero-order valence-corrected chi connectivity index (χ0v) is 6.74. The van der Waals surface area contributed by atoms with Crippen LogP contribution in [-0.4, -0.2) is 22.3 Å². The number of nitrogens with zero attached hydrogens (tertiary/aromatic N) is 1. The van der Waals surface area contributed by atoms with Gasteiger partial charge in [-0.1, -0.05) is 0 Å². The molecule has 0 aliphatic carbocycles. The standard InChI is InChI=1S/C4H5NO2.C3H8O/c5-3-1-2-4(6)7;1-3(2)4/h1-2H2,(H,6,7);3-4H,1-2H3. The Morgan fingerprint density at radius 1 is 1.64 bits per heavy atom. The van der Waals surface area contributed by atoms with Crippen LogP contribution in [0.15, 0.2) is 0 Å². The van der Waals surface area contributed by atoms with Crippen LogP contribution >= 0.6 is 0 Å². The fraction of sp³-hybridized carbons (Fsp3) is 0.714. The molecule has 0 aliphatic rings. The van der Waals surface area contributed by atoms with Crippen LogP contribution in [0.3, 0.4) is 0 Å². The van der Waals surface area contributed by atoms with Crippen LogP contribution in [0.5, 0.6) is 0 Å². The van der Waals surface area contributed by atoms with Crippen molar-refractivity contribution in [1.29, 1.82) is 5.26 Å². The molecule has 2 N–H and O–H groups in total. The Morgan fingerprint density at radius 2 is 2.00 bits per heavy atom. The van der Waals surface area contributed by atoms with Crippen LogP contribution in [0, 0.1) is 11.3 Å². The van der Waals surface area contributed by atoms with Gasteiger partial charge in [0, 0.05) is 12.5 Å². The first-order chi connectivity index (χ1) is 5.00. The molecule has 0 aliphatic heterocycles. The molecule has 4 nitrogen and oxygen atoms in total. The third kappa shape index (κ3) is 50.1. The molecular weight excluding hydrogens is 146 g/mol. The van der Waals surface area contributed by atoms with Crippen molar-refractivity contribution in [2.75, 3.05) is 0 Å². The highest BCUT2D eigenvalue weighted by Crippen LogP contribution is 1.82. The second-order valence-electron chi connectivity index (χ2n) is 2.15. The quantitative estimate of drug-likeness (QED) is 0.623. The van der Waals surface area contributed by atoms with Gasteiger partial charge in [0.15, 0.2) is 0 Å². The summed E-state index contributed by atoms with van der Waals surface area (Å²) in [6.07, 6.45) is -0.105. The molecule has 0 fully saturated rings. The Labute approximate surface area is 66.1 Å². The predicted octanol–water partition coefficient (Wildman–Crippen LogP) is 0.762. The molecule has 0 heterocycles. The van der Waals surface area contributed by atoms with E-state index in [9.17, 15) is 4.79 Å². The van der Waals surface area contributed by atoms with E-state index >= 15 is 0 Å². The maximum absolute atomic E-state index is 9.61. The van der Waals surface area contributed by atoms with Crippen LogP contribution in [0.1, 0.15) is 26.7 Å². The molecule has 0 saturated heterocycles. The minimum Gasteiger partial charge on any atom is -0.481 e. The van der Waals surface area contributed by atoms with Gasteiger partial charge in [0.2, 0.25) is 0 Å². The van der Waals surface area contributed by atoms with E-state index < -0.39 is 5.97 Å². The van der Waals surface area contributed by atoms with Gasteiger partial charge in [0.25, 0.3) is 0 Å². The number of hydrogen-bond acceptors (Lipinski definition) is 3. The summed E-state index contributed by atoms with van der Waals surface area (Å²) in [5.74, 6) is -0.915. The molecule has 11 heavy (non-hydrogen) atoms. The van der Waals surface area contributed by atoms with Gasteiger partial charge in [-0.2, -0.15) is 5.26 Å². The first kappa shape index (κ1) is 12.6. The number of hydrogen-bond donors (Lipinski definition) is 2. The molecular formula is C7H13NO3. The van der Waals surface area contributed by atoms with E-state index in [1.54, 1.807) is 19.9 Å². The lowest BCUT2D eigenvalue weighted by Crippen LogP contribution is -1.91. The van der Waals surface area contributed by atoms with E-state index in [1.807, 2.05) is 0 Å². The molecule has 0 radical (unpaired) electrons. The maximum atomic E-state index is 9.61. The third-order valence-corrected chi connectivity index (χ3v) is 0.451. The van der Waals surface area contributed by atoms with Gasteiger partial charge in [-0.3, -0.25) is 4.79 Å². The zero-order chi connectivity index (χ0) is 9.28. The molecule has 0 bridgehead atoms. The zero-order valence-electron chi connectivity index (χ0n) is 6.74. The average Bonchev–Trinajstić information content (AvgIpc) is 1.82. The first-order valence-corrected chi connectivity index (χ1v) is 3.27. The Hall–Kier alpha value is -1.08. The second-order valence-corrected chi connectivity index (χ2v) is 2.15. The van der Waals surface area contributed by atoms with E-state index in [0.717, 1.165) is 0 Å². The van der Waals surface area contributed by atoms with Gasteiger partial charge in [-0.05, 0) is 13.8 Å². The average molecular weight is 159 g/mol. The lowest BCUT2D eigenvalue weighted by molar-refractivity contribution is -0.136. The van der Waals surface area contributed by atoms with E-state index in [-0.39, 0.29) is 18.9 Å². The van der Waals surface area contributed by atoms with E-state index in [2.05, 4.69) is 0 Å². The molecule has 0 atom stereocenters. The number of nitriles is 1. The molecule has 0 amide bonds. The van der Waals surface area contributed by atoms with E-state index in [1.165, 1.54) is 0 Å². The van der Waals surface area contributed by atoms with Crippen molar-refractivity contribution in [3.8, 4) is 6.07 Å². The number of aliphatic hydroxyl groups is 1. The highest BCUT2D eigenvalue weighted by molar-refractivity contribution is 5.66. The fourth-order valence-electron chi connectivity index (χ4n) is 0.163. The Morgan fingerprint density at radius 3 is 2.09 bits per heavy atom. The minimum atomic E-state index is -0.915. The molecule has 0 aromatic heterocycles. The summed E-state index contributed by atoms with van der Waals surface area (Å²) in [5, 5.41) is 23.8. The molecule has 4 heteroatoms. The normalized spacial score (nSPS) is 7.91. The van der Waals surface area contributed by atoms with Crippen LogP contribution < -0.4 is 0 Å². The van der Waals surface area contributed by atoms with E-state index in [0.29, 0.717) is 0 Å². The van der Waals surface area contributed by atoms with Crippen molar-refractivity contribution in [1.82, 2.24) is 0 Å². The van der Waals surface area contributed by atoms with Gasteiger partial charge in [0.1, 0.15) is 0 Å². The molecule has 0 rings (SSSR count). The lowest BCUT2D eigenvalue weighted by atomic mass is 10.3. The van der Waals surface area contributed by atoms with Crippen LogP contribution in [-0.2, 0) is 4.79 Å². The summed E-state index contributed by atoms with van der Waals surface area (Å²) in [4.78, 5) is 9.61. The molecule has 0 unspecified atom stereocenters. The SMILES string of the molecule is CC(C)O.N#CCCC(=O)O. The molecule has 0 spiro atoms. The van der Waals surface area contributed by atoms with Crippen molar-refractivity contribution in [2.24, 2.45) is 0 Å². The summed E-state index contributed by atoms with van der Waals surface area (Å²) in [7, 11) is 0. The Bertz CT molecular complexity index is 134. The first-order valence-electron chi connectivity index (χ1n) is 3.27. The molecule has 64 valence electrons. The second kappa shape index (κ2) is 8.92. The van der Waals surface area contributed by atoms with Gasteiger partial charge in [-0.15, -0.1) is 0 Å². The number of carboxylic acid groups (broad SMARTS) is 1. The molecule has 0 saturated carbocycles. The summed E-state index contributed by atoms with van der Waals surface area (Å²) in [5.41, 5.74) is 0. The van der Waals surface area contributed by atoms with Crippen LogP contribution in [0.25, 0.3) is 0 Å². The molecule has 0 aromatic rings. The van der Waals surface area contributed by atoms with Gasteiger partial charge >= 0.3 is 5.97 Å². The largest absolute Gasteiger partial charge is 0.481 e. The number of aliphatic carboxylic acids is 1. The van der Waals surface area contributed by atoms with Crippen molar-refractivity contribution in [3.63, 3.8) is 0 Å². The Balaban J connectivity index is 0. The van der Waals surface area contributed by atoms with Crippen molar-refractivity contribution in [2.45, 2.75) is 32.8 Å². The summed E-state index contributed by atoms with van der Waals surface area (Å²) in [6.45, 7) is 3.44. The Kier molecular flexibility index (Phi) is 10.2. The van der Waals surface area contributed by atoms with Crippen molar-refractivity contribution >= 4 is 5.97 Å². The number of carboxylic acids is 1. The number of rotatable bonds is 2. The highest BCUT2D eigenvalue weighted by Gasteiger charge is 1.91. The maximum Gasteiger partial charge on any atom is 0.304 e. The topological polar surface area (TPSA) is 81.3 Å². The van der Waals surface area contributed by atoms with Crippen molar-refractivity contribution < 1.29 is 15.0 Å². The summed E-state index contributed by atoms with van der Waals surface area (Å²) in [6, 6.07) is 1.72. The fourth-order valence-corrected chi connectivity index (χ4v) is 0.163. The van der Waals surface area contributed by atoms with Crippen LogP contribution in [0.4, 0.5) is 0 Å². The van der Waals surface area contributed by atoms with Gasteiger partial charge in [-0.25, -0.2) is 0 Å². The predicted molar refractivity (Wildman–Crippen MR) is 39.8 cm³/mol. The third-order valence-electron chi connectivity index (χ3n) is 0.451. The smallest absolute Gasteiger partial charge is 0.304 e. The van der Waals surface area contributed by atoms with Gasteiger partial charge < -0.3 is 10.2 Å². The summed E-state index contributed by atoms with van der Waals surface area (Å²) < 4.78 is 0. The summed E-state index contributed by atoms with van der Waals surface area (Å²) >= 11 is 0. The van der Waals surface area contributed by atoms with Gasteiger partial charge in [0.05, 0.1) is 12.5 Å². The monoisotopic (exact) mass is 159 g/mol.